The van der Waals surface area contributed by atoms with Crippen molar-refractivity contribution in [3.05, 3.63) is 47.9 Å². The smallest absolute Gasteiger partial charge is 0.240 e. The summed E-state index contributed by atoms with van der Waals surface area (Å²) in [4.78, 5) is 11.6. The summed E-state index contributed by atoms with van der Waals surface area (Å²) in [7, 11) is -3.59. The first kappa shape index (κ1) is 16.7. The Bertz CT molecular complexity index is 828. The zero-order valence-corrected chi connectivity index (χ0v) is 14.2. The van der Waals surface area contributed by atoms with E-state index in [2.05, 4.69) is 10.0 Å². The van der Waals surface area contributed by atoms with Gasteiger partial charge in [0.15, 0.2) is 0 Å². The normalized spacial score (nSPS) is 15.6. The lowest BCUT2D eigenvalue weighted by molar-refractivity contribution is -0.116. The Kier molecular flexibility index (Phi) is 4.73. The van der Waals surface area contributed by atoms with Crippen LogP contribution < -0.4 is 10.0 Å². The highest BCUT2D eigenvalue weighted by Crippen LogP contribution is 2.25. The van der Waals surface area contributed by atoms with Gasteiger partial charge in [-0.15, -0.1) is 0 Å². The summed E-state index contributed by atoms with van der Waals surface area (Å²) in [6.07, 6.45) is 3.86. The van der Waals surface area contributed by atoms with Crippen LogP contribution in [-0.2, 0) is 27.7 Å². The Morgan fingerprint density at radius 2 is 2.12 bits per heavy atom. The van der Waals surface area contributed by atoms with Crippen molar-refractivity contribution in [3.8, 4) is 0 Å². The number of anilines is 1. The van der Waals surface area contributed by atoms with Crippen molar-refractivity contribution < 1.29 is 17.6 Å². The summed E-state index contributed by atoms with van der Waals surface area (Å²) < 4.78 is 33.0. The number of carbonyl (C=O) groups excluding carboxylic acids is 1. The zero-order chi connectivity index (χ0) is 17.2. The predicted molar refractivity (Wildman–Crippen MR) is 90.2 cm³/mol. The molecule has 0 spiro atoms. The van der Waals surface area contributed by atoms with E-state index in [1.807, 2.05) is 19.1 Å². The topological polar surface area (TPSA) is 88.4 Å². The molecule has 6 nitrogen and oxygen atoms in total. The molecule has 0 unspecified atom stereocenters. The number of fused-ring (bicyclic) bond motifs is 1. The molecule has 2 aromatic rings. The number of aryl methyl sites for hydroxylation is 2. The van der Waals surface area contributed by atoms with E-state index in [1.54, 1.807) is 18.4 Å². The SMILES string of the molecule is C[C@H](CCc1ccco1)NS(=O)(=O)c1ccc2c(c1)CCC(=O)N2. The number of carbonyl (C=O) groups is 1. The molecule has 24 heavy (non-hydrogen) atoms. The van der Waals surface area contributed by atoms with E-state index < -0.39 is 10.0 Å². The lowest BCUT2D eigenvalue weighted by Gasteiger charge is -2.19. The van der Waals surface area contributed by atoms with Crippen LogP contribution in [0.4, 0.5) is 5.69 Å². The number of hydrogen-bond donors (Lipinski definition) is 2. The van der Waals surface area contributed by atoms with Gasteiger partial charge in [0.1, 0.15) is 5.76 Å². The number of sulfonamides is 1. The Morgan fingerprint density at radius 1 is 1.29 bits per heavy atom. The van der Waals surface area contributed by atoms with Crippen LogP contribution >= 0.6 is 0 Å². The average Bonchev–Trinajstić information content (AvgIpc) is 3.05. The Balaban J connectivity index is 1.67. The second-order valence-electron chi connectivity index (χ2n) is 6.01. The maximum atomic E-state index is 12.5. The molecule has 0 bridgehead atoms. The maximum absolute atomic E-state index is 12.5. The summed E-state index contributed by atoms with van der Waals surface area (Å²) in [6.45, 7) is 1.83. The molecular formula is C17H20N2O4S. The molecule has 1 aliphatic rings. The number of rotatable bonds is 6. The monoisotopic (exact) mass is 348 g/mol. The quantitative estimate of drug-likeness (QED) is 0.839. The Labute approximate surface area is 141 Å². The van der Waals surface area contributed by atoms with Crippen LogP contribution in [0.3, 0.4) is 0 Å². The summed E-state index contributed by atoms with van der Waals surface area (Å²) >= 11 is 0. The van der Waals surface area contributed by atoms with Gasteiger partial charge in [0, 0.05) is 24.6 Å². The van der Waals surface area contributed by atoms with E-state index in [9.17, 15) is 13.2 Å². The second-order valence-corrected chi connectivity index (χ2v) is 7.72. The van der Waals surface area contributed by atoms with Crippen LogP contribution in [0.15, 0.2) is 45.9 Å². The van der Waals surface area contributed by atoms with Crippen LogP contribution in [0.1, 0.15) is 31.1 Å². The molecule has 0 saturated carbocycles. The fourth-order valence-corrected chi connectivity index (χ4v) is 4.06. The fraction of sp³-hybridized carbons (Fsp3) is 0.353. The van der Waals surface area contributed by atoms with E-state index in [0.717, 1.165) is 11.3 Å². The number of nitrogens with one attached hydrogen (secondary N) is 2. The molecule has 1 aromatic heterocycles. The van der Waals surface area contributed by atoms with Gasteiger partial charge >= 0.3 is 0 Å². The summed E-state index contributed by atoms with van der Waals surface area (Å²) in [5.41, 5.74) is 1.54. The molecule has 0 aliphatic carbocycles. The minimum Gasteiger partial charge on any atom is -0.469 e. The minimum absolute atomic E-state index is 0.0391. The van der Waals surface area contributed by atoms with Gasteiger partial charge in [0.05, 0.1) is 11.2 Å². The molecular weight excluding hydrogens is 328 g/mol. The highest BCUT2D eigenvalue weighted by molar-refractivity contribution is 7.89. The number of amides is 1. The molecule has 1 amide bonds. The summed E-state index contributed by atoms with van der Waals surface area (Å²) in [5.74, 6) is 0.799. The first-order chi connectivity index (χ1) is 11.4. The molecule has 128 valence electrons. The lowest BCUT2D eigenvalue weighted by Crippen LogP contribution is -2.33. The van der Waals surface area contributed by atoms with E-state index in [0.29, 0.717) is 31.4 Å². The lowest BCUT2D eigenvalue weighted by atomic mass is 10.0. The van der Waals surface area contributed by atoms with Crippen molar-refractivity contribution in [2.24, 2.45) is 0 Å². The van der Waals surface area contributed by atoms with Crippen molar-refractivity contribution in [2.75, 3.05) is 5.32 Å². The van der Waals surface area contributed by atoms with Crippen molar-refractivity contribution in [2.45, 2.75) is 43.5 Å². The maximum Gasteiger partial charge on any atom is 0.240 e. The average molecular weight is 348 g/mol. The third-order valence-corrected chi connectivity index (χ3v) is 5.63. The first-order valence-corrected chi connectivity index (χ1v) is 9.40. The third-order valence-electron chi connectivity index (χ3n) is 4.04. The molecule has 0 saturated heterocycles. The van der Waals surface area contributed by atoms with Gasteiger partial charge < -0.3 is 9.73 Å². The van der Waals surface area contributed by atoms with Crippen molar-refractivity contribution in [3.63, 3.8) is 0 Å². The van der Waals surface area contributed by atoms with E-state index in [1.165, 1.54) is 6.07 Å². The second kappa shape index (κ2) is 6.78. The molecule has 1 aromatic carbocycles. The molecule has 7 heteroatoms. The predicted octanol–water partition coefficient (Wildman–Crippen LogP) is 2.46. The largest absolute Gasteiger partial charge is 0.469 e. The van der Waals surface area contributed by atoms with Crippen LogP contribution in [0.5, 0.6) is 0 Å². The first-order valence-electron chi connectivity index (χ1n) is 7.91. The van der Waals surface area contributed by atoms with Crippen molar-refractivity contribution in [1.29, 1.82) is 0 Å². The molecule has 0 fully saturated rings. The molecule has 3 rings (SSSR count). The third kappa shape index (κ3) is 3.85. The number of benzene rings is 1. The van der Waals surface area contributed by atoms with Crippen LogP contribution in [0.2, 0.25) is 0 Å². The van der Waals surface area contributed by atoms with Gasteiger partial charge in [-0.1, -0.05) is 0 Å². The van der Waals surface area contributed by atoms with Crippen molar-refractivity contribution >= 4 is 21.6 Å². The molecule has 1 atom stereocenters. The van der Waals surface area contributed by atoms with Gasteiger partial charge in [-0.25, -0.2) is 13.1 Å². The standard InChI is InChI=1S/C17H20N2O4S/c1-12(4-6-14-3-2-10-23-14)19-24(21,22)15-7-8-16-13(11-15)5-9-17(20)18-16/h2-3,7-8,10-12,19H,4-6,9H2,1H3,(H,18,20)/t12-/m1/s1. The van der Waals surface area contributed by atoms with Crippen LogP contribution in [0, 0.1) is 0 Å². The zero-order valence-electron chi connectivity index (χ0n) is 13.4. The molecule has 2 N–H and O–H groups in total. The fourth-order valence-electron chi connectivity index (χ4n) is 2.73. The van der Waals surface area contributed by atoms with Gasteiger partial charge in [-0.2, -0.15) is 0 Å². The van der Waals surface area contributed by atoms with E-state index in [-0.39, 0.29) is 16.8 Å². The van der Waals surface area contributed by atoms with Gasteiger partial charge in [-0.05, 0) is 55.7 Å². The van der Waals surface area contributed by atoms with Crippen LogP contribution in [-0.4, -0.2) is 20.4 Å². The summed E-state index contributed by atoms with van der Waals surface area (Å²) in [5, 5.41) is 2.75. The van der Waals surface area contributed by atoms with Crippen molar-refractivity contribution in [1.82, 2.24) is 4.72 Å². The molecule has 0 radical (unpaired) electrons. The van der Waals surface area contributed by atoms with Gasteiger partial charge in [-0.3, -0.25) is 4.79 Å². The van der Waals surface area contributed by atoms with E-state index in [4.69, 9.17) is 4.42 Å². The Morgan fingerprint density at radius 3 is 2.88 bits per heavy atom. The summed E-state index contributed by atoms with van der Waals surface area (Å²) in [6, 6.07) is 8.28. The highest BCUT2D eigenvalue weighted by Gasteiger charge is 2.21. The minimum atomic E-state index is -3.59. The Hall–Kier alpha value is -2.12. The van der Waals surface area contributed by atoms with Gasteiger partial charge in [0.25, 0.3) is 0 Å². The van der Waals surface area contributed by atoms with Crippen LogP contribution in [0.25, 0.3) is 0 Å². The number of hydrogen-bond acceptors (Lipinski definition) is 4. The number of furan rings is 1. The van der Waals surface area contributed by atoms with Gasteiger partial charge in [0.2, 0.25) is 15.9 Å². The van der Waals surface area contributed by atoms with E-state index >= 15 is 0 Å². The highest BCUT2D eigenvalue weighted by atomic mass is 32.2. The molecule has 2 heterocycles. The molecule has 1 aliphatic heterocycles.